The number of thioether (sulfide) groups is 1. The van der Waals surface area contributed by atoms with Crippen molar-refractivity contribution in [3.8, 4) is 5.40 Å². The van der Waals surface area contributed by atoms with E-state index in [0.717, 1.165) is 17.3 Å². The Balaban J connectivity index is 2.82. The van der Waals surface area contributed by atoms with Gasteiger partial charge < -0.3 is 0 Å². The maximum absolute atomic E-state index is 12.7. The van der Waals surface area contributed by atoms with Crippen LogP contribution in [-0.4, -0.2) is 0 Å². The summed E-state index contributed by atoms with van der Waals surface area (Å²) in [6.07, 6.45) is 0. The smallest absolute Gasteiger partial charge is 0.133 e. The molecule has 0 fully saturated rings. The molecule has 1 aromatic rings. The van der Waals surface area contributed by atoms with Crippen LogP contribution in [0.25, 0.3) is 0 Å². The lowest BCUT2D eigenvalue weighted by Crippen LogP contribution is -1.87. The van der Waals surface area contributed by atoms with Crippen LogP contribution in [0.1, 0.15) is 17.7 Å². The molecule has 0 bridgehead atoms. The molecule has 0 heterocycles. The fourth-order valence-electron chi connectivity index (χ4n) is 0.907. The molecule has 12 heavy (non-hydrogen) atoms. The van der Waals surface area contributed by atoms with Crippen LogP contribution in [0.15, 0.2) is 24.3 Å². The Bertz CT molecular complexity index is 306. The third-order valence-electron chi connectivity index (χ3n) is 1.55. The van der Waals surface area contributed by atoms with E-state index >= 15 is 0 Å². The summed E-state index contributed by atoms with van der Waals surface area (Å²) in [4.78, 5) is 0. The summed E-state index contributed by atoms with van der Waals surface area (Å²) in [5, 5.41) is 10.4. The molecule has 1 nitrogen and oxygen atoms in total. The van der Waals surface area contributed by atoms with E-state index in [1.807, 2.05) is 18.4 Å². The normalized spacial score (nSPS) is 12.1. The summed E-state index contributed by atoms with van der Waals surface area (Å²) in [7, 11) is 0. The Kier molecular flexibility index (Phi) is 3.12. The van der Waals surface area contributed by atoms with E-state index in [9.17, 15) is 4.39 Å². The second kappa shape index (κ2) is 4.13. The first-order chi connectivity index (χ1) is 5.74. The summed E-state index contributed by atoms with van der Waals surface area (Å²) < 4.78 is 12.7. The van der Waals surface area contributed by atoms with Gasteiger partial charge in [-0.15, -0.1) is 0 Å². The van der Waals surface area contributed by atoms with E-state index < -0.39 is 0 Å². The van der Waals surface area contributed by atoms with Crippen molar-refractivity contribution in [3.05, 3.63) is 35.6 Å². The number of halogens is 1. The number of thiocyanates is 1. The molecular weight excluding hydrogens is 173 g/mol. The Labute approximate surface area is 75.2 Å². The van der Waals surface area contributed by atoms with Gasteiger partial charge in [-0.25, -0.2) is 4.39 Å². The van der Waals surface area contributed by atoms with Crippen LogP contribution in [0.4, 0.5) is 4.39 Å². The first kappa shape index (κ1) is 9.08. The highest BCUT2D eigenvalue weighted by atomic mass is 32.2. The number of nitriles is 1. The van der Waals surface area contributed by atoms with Crippen LogP contribution in [0, 0.1) is 16.5 Å². The number of hydrogen-bond donors (Lipinski definition) is 0. The quantitative estimate of drug-likeness (QED) is 0.654. The number of rotatable bonds is 2. The number of benzene rings is 1. The van der Waals surface area contributed by atoms with Gasteiger partial charge in [-0.2, -0.15) is 5.26 Å². The molecule has 0 radical (unpaired) electrons. The maximum Gasteiger partial charge on any atom is 0.133 e. The average molecular weight is 181 g/mol. The summed E-state index contributed by atoms with van der Waals surface area (Å²) in [6, 6.07) is 6.32. The second-order valence-electron chi connectivity index (χ2n) is 2.41. The lowest BCUT2D eigenvalue weighted by molar-refractivity contribution is 0.625. The third kappa shape index (κ3) is 2.24. The second-order valence-corrected chi connectivity index (χ2v) is 3.53. The highest BCUT2D eigenvalue weighted by Crippen LogP contribution is 2.26. The van der Waals surface area contributed by atoms with Gasteiger partial charge in [0.25, 0.3) is 0 Å². The Hall–Kier alpha value is -1.01. The Morgan fingerprint density at radius 2 is 2.33 bits per heavy atom. The summed E-state index contributed by atoms with van der Waals surface area (Å²) >= 11 is 1.13. The molecule has 0 aliphatic carbocycles. The summed E-state index contributed by atoms with van der Waals surface area (Å²) in [5.41, 5.74) is 0.849. The molecular formula is C9H8FNS. The molecule has 0 N–H and O–H groups in total. The Morgan fingerprint density at radius 3 is 2.92 bits per heavy atom. The molecule has 0 saturated heterocycles. The lowest BCUT2D eigenvalue weighted by Gasteiger charge is -2.05. The number of hydrogen-bond acceptors (Lipinski definition) is 2. The molecule has 1 atom stereocenters. The maximum atomic E-state index is 12.7. The predicted octanol–water partition coefficient (Wildman–Crippen LogP) is 3.10. The van der Waals surface area contributed by atoms with Gasteiger partial charge in [0.15, 0.2) is 0 Å². The molecule has 1 rings (SSSR count). The van der Waals surface area contributed by atoms with Gasteiger partial charge in [-0.05, 0) is 36.4 Å². The van der Waals surface area contributed by atoms with Crippen LogP contribution in [-0.2, 0) is 0 Å². The van der Waals surface area contributed by atoms with Gasteiger partial charge in [-0.1, -0.05) is 12.1 Å². The first-order valence-electron chi connectivity index (χ1n) is 3.54. The van der Waals surface area contributed by atoms with Crippen molar-refractivity contribution >= 4 is 11.8 Å². The van der Waals surface area contributed by atoms with Crippen molar-refractivity contribution in [2.24, 2.45) is 0 Å². The monoisotopic (exact) mass is 181 g/mol. The van der Waals surface area contributed by atoms with Crippen molar-refractivity contribution in [1.82, 2.24) is 0 Å². The molecule has 0 amide bonds. The van der Waals surface area contributed by atoms with Crippen molar-refractivity contribution in [1.29, 1.82) is 5.26 Å². The molecule has 62 valence electrons. The van der Waals surface area contributed by atoms with Crippen molar-refractivity contribution in [2.75, 3.05) is 0 Å². The van der Waals surface area contributed by atoms with Crippen LogP contribution >= 0.6 is 11.8 Å². The van der Waals surface area contributed by atoms with Crippen LogP contribution < -0.4 is 0 Å². The van der Waals surface area contributed by atoms with Gasteiger partial charge in [-0.3, -0.25) is 0 Å². The predicted molar refractivity (Wildman–Crippen MR) is 48.0 cm³/mol. The van der Waals surface area contributed by atoms with Crippen molar-refractivity contribution < 1.29 is 4.39 Å². The van der Waals surface area contributed by atoms with E-state index in [0.29, 0.717) is 0 Å². The zero-order valence-corrected chi connectivity index (χ0v) is 7.44. The number of nitrogens with zero attached hydrogens (tertiary/aromatic N) is 1. The SMILES string of the molecule is CC(SC#N)c1cccc(F)c1. The minimum Gasteiger partial charge on any atom is -0.207 e. The fourth-order valence-corrected chi connectivity index (χ4v) is 1.35. The molecule has 0 saturated carbocycles. The Morgan fingerprint density at radius 1 is 1.58 bits per heavy atom. The minimum absolute atomic E-state index is 0.0331. The van der Waals surface area contributed by atoms with E-state index in [2.05, 4.69) is 0 Å². The largest absolute Gasteiger partial charge is 0.207 e. The zero-order valence-electron chi connectivity index (χ0n) is 6.62. The van der Waals surface area contributed by atoms with E-state index in [1.54, 1.807) is 6.07 Å². The van der Waals surface area contributed by atoms with Crippen molar-refractivity contribution in [2.45, 2.75) is 12.2 Å². The highest BCUT2D eigenvalue weighted by molar-refractivity contribution is 8.03. The molecule has 3 heteroatoms. The van der Waals surface area contributed by atoms with E-state index in [1.165, 1.54) is 12.1 Å². The van der Waals surface area contributed by atoms with Gasteiger partial charge in [0.05, 0.1) is 0 Å². The molecule has 0 aliphatic heterocycles. The lowest BCUT2D eigenvalue weighted by atomic mass is 10.2. The van der Waals surface area contributed by atoms with Crippen molar-refractivity contribution in [3.63, 3.8) is 0 Å². The topological polar surface area (TPSA) is 23.8 Å². The molecule has 0 aromatic heterocycles. The first-order valence-corrected chi connectivity index (χ1v) is 4.42. The summed E-state index contributed by atoms with van der Waals surface area (Å²) in [5.74, 6) is -0.252. The molecule has 0 spiro atoms. The zero-order chi connectivity index (χ0) is 8.97. The van der Waals surface area contributed by atoms with Gasteiger partial charge in [0, 0.05) is 5.25 Å². The van der Waals surface area contributed by atoms with E-state index in [4.69, 9.17) is 5.26 Å². The van der Waals surface area contributed by atoms with Gasteiger partial charge in [0.1, 0.15) is 11.2 Å². The molecule has 1 aromatic carbocycles. The van der Waals surface area contributed by atoms with Gasteiger partial charge >= 0.3 is 0 Å². The fraction of sp³-hybridized carbons (Fsp3) is 0.222. The third-order valence-corrected chi connectivity index (χ3v) is 2.28. The van der Waals surface area contributed by atoms with Crippen LogP contribution in [0.5, 0.6) is 0 Å². The van der Waals surface area contributed by atoms with Crippen LogP contribution in [0.3, 0.4) is 0 Å². The molecule has 1 unspecified atom stereocenters. The van der Waals surface area contributed by atoms with Gasteiger partial charge in [0.2, 0.25) is 0 Å². The highest BCUT2D eigenvalue weighted by Gasteiger charge is 2.05. The van der Waals surface area contributed by atoms with E-state index in [-0.39, 0.29) is 11.1 Å². The summed E-state index contributed by atoms with van der Waals surface area (Å²) in [6.45, 7) is 1.88. The molecule has 0 aliphatic rings. The average Bonchev–Trinajstić information content (AvgIpc) is 2.05. The van der Waals surface area contributed by atoms with Crippen LogP contribution in [0.2, 0.25) is 0 Å². The minimum atomic E-state index is -0.252. The standard InChI is InChI=1S/C9H8FNS/c1-7(12-6-11)8-3-2-4-9(10)5-8/h2-5,7H,1H3.